The molecule has 5 rings (SSSR count). The van der Waals surface area contributed by atoms with Gasteiger partial charge in [-0.2, -0.15) is 18.4 Å². The second-order valence-electron chi connectivity index (χ2n) is 10.1. The first-order valence-corrected chi connectivity index (χ1v) is 12.2. The van der Waals surface area contributed by atoms with E-state index in [1.165, 1.54) is 23.4 Å². The lowest BCUT2D eigenvalue weighted by Gasteiger charge is -2.21. The van der Waals surface area contributed by atoms with Crippen molar-refractivity contribution >= 4 is 17.5 Å². The van der Waals surface area contributed by atoms with Crippen LogP contribution in [0.4, 0.5) is 24.8 Å². The monoisotopic (exact) mass is 547 g/mol. The van der Waals surface area contributed by atoms with Crippen molar-refractivity contribution in [1.82, 2.24) is 19.7 Å². The number of aromatic nitrogens is 4. The maximum Gasteiger partial charge on any atom is 0.416 e. The molecule has 0 bridgehead atoms. The third kappa shape index (κ3) is 5.11. The maximum atomic E-state index is 13.7. The van der Waals surface area contributed by atoms with E-state index in [0.717, 1.165) is 6.07 Å². The van der Waals surface area contributed by atoms with Gasteiger partial charge in [0, 0.05) is 24.7 Å². The summed E-state index contributed by atoms with van der Waals surface area (Å²) in [5, 5.41) is 31.0. The van der Waals surface area contributed by atoms with Crippen LogP contribution in [0.15, 0.2) is 54.9 Å². The number of pyridine rings is 1. The number of nitrogens with one attached hydrogen (secondary N) is 1. The molecule has 4 aromatic rings. The van der Waals surface area contributed by atoms with E-state index < -0.39 is 23.2 Å². The Labute approximate surface area is 227 Å². The number of halogens is 3. The van der Waals surface area contributed by atoms with Crippen molar-refractivity contribution in [1.29, 1.82) is 5.26 Å². The Balaban J connectivity index is 1.67. The summed E-state index contributed by atoms with van der Waals surface area (Å²) in [6, 6.07) is 13.9. The number of alkyl halides is 3. The second kappa shape index (κ2) is 9.77. The van der Waals surface area contributed by atoms with Crippen LogP contribution in [-0.4, -0.2) is 42.9 Å². The number of anilines is 2. The van der Waals surface area contributed by atoms with Crippen molar-refractivity contribution in [3.63, 3.8) is 0 Å². The van der Waals surface area contributed by atoms with Gasteiger partial charge in [0.05, 0.1) is 29.3 Å². The van der Waals surface area contributed by atoms with Gasteiger partial charge in [-0.1, -0.05) is 6.07 Å². The van der Waals surface area contributed by atoms with E-state index in [9.17, 15) is 28.3 Å². The van der Waals surface area contributed by atoms with E-state index in [2.05, 4.69) is 26.6 Å². The molecule has 3 heterocycles. The van der Waals surface area contributed by atoms with Crippen LogP contribution >= 0.6 is 0 Å². The van der Waals surface area contributed by atoms with Gasteiger partial charge in [0.25, 0.3) is 5.91 Å². The number of aliphatic hydroxyl groups is 1. The van der Waals surface area contributed by atoms with Gasteiger partial charge >= 0.3 is 6.18 Å². The SMILES string of the molecule is Cn1cnnc1-c1ccc(C#N)cc1-c1cc(NCC(C)(C)O)nc(N2Cc3c(cccc3C(F)(F)F)C2=O)c1. The molecule has 0 atom stereocenters. The van der Waals surface area contributed by atoms with E-state index in [1.54, 1.807) is 55.8 Å². The first kappa shape index (κ1) is 26.8. The smallest absolute Gasteiger partial charge is 0.389 e. The lowest BCUT2D eigenvalue weighted by atomic mass is 9.97. The minimum atomic E-state index is -4.63. The number of rotatable bonds is 6. The van der Waals surface area contributed by atoms with Gasteiger partial charge in [-0.25, -0.2) is 4.98 Å². The van der Waals surface area contributed by atoms with Gasteiger partial charge < -0.3 is 15.0 Å². The Bertz CT molecular complexity index is 1670. The molecule has 1 aliphatic rings. The molecule has 1 amide bonds. The Hall–Kier alpha value is -4.76. The van der Waals surface area contributed by atoms with E-state index in [0.29, 0.717) is 28.1 Å². The molecule has 0 radical (unpaired) electrons. The first-order valence-electron chi connectivity index (χ1n) is 12.2. The summed E-state index contributed by atoms with van der Waals surface area (Å²) in [4.78, 5) is 19.1. The van der Waals surface area contributed by atoms with Crippen LogP contribution in [0.3, 0.4) is 0 Å². The molecule has 2 aromatic carbocycles. The van der Waals surface area contributed by atoms with E-state index in [1.807, 2.05) is 0 Å². The molecule has 40 heavy (non-hydrogen) atoms. The van der Waals surface area contributed by atoms with Crippen molar-refractivity contribution in [2.45, 2.75) is 32.2 Å². The Morgan fingerprint density at radius 1 is 1.10 bits per heavy atom. The number of carbonyl (C=O) groups is 1. The van der Waals surface area contributed by atoms with Gasteiger partial charge in [0.15, 0.2) is 5.82 Å². The van der Waals surface area contributed by atoms with Crippen LogP contribution in [0.5, 0.6) is 0 Å². The fourth-order valence-corrected chi connectivity index (χ4v) is 4.57. The second-order valence-corrected chi connectivity index (χ2v) is 10.1. The third-order valence-corrected chi connectivity index (χ3v) is 6.48. The Kier molecular flexibility index (Phi) is 6.55. The lowest BCUT2D eigenvalue weighted by Crippen LogP contribution is -2.30. The number of benzene rings is 2. The van der Waals surface area contributed by atoms with Crippen molar-refractivity contribution in [3.8, 4) is 28.6 Å². The summed E-state index contributed by atoms with van der Waals surface area (Å²) in [7, 11) is 1.77. The van der Waals surface area contributed by atoms with Gasteiger partial charge in [0.1, 0.15) is 18.0 Å². The maximum absolute atomic E-state index is 13.7. The van der Waals surface area contributed by atoms with Gasteiger partial charge in [-0.05, 0) is 73.0 Å². The molecule has 2 aromatic heterocycles. The van der Waals surface area contributed by atoms with Crippen LogP contribution in [0.2, 0.25) is 0 Å². The summed E-state index contributed by atoms with van der Waals surface area (Å²) in [6.07, 6.45) is -3.09. The zero-order valence-electron chi connectivity index (χ0n) is 21.8. The van der Waals surface area contributed by atoms with Crippen LogP contribution < -0.4 is 10.2 Å². The molecule has 2 N–H and O–H groups in total. The van der Waals surface area contributed by atoms with Crippen LogP contribution in [-0.2, 0) is 19.8 Å². The zero-order chi connectivity index (χ0) is 28.8. The molecule has 204 valence electrons. The average molecular weight is 548 g/mol. The minimum Gasteiger partial charge on any atom is -0.389 e. The molecule has 0 saturated heterocycles. The number of aryl methyl sites for hydroxylation is 1. The summed E-state index contributed by atoms with van der Waals surface area (Å²) in [5.41, 5.74) is -0.0375. The summed E-state index contributed by atoms with van der Waals surface area (Å²) in [6.45, 7) is 2.99. The number of carbonyl (C=O) groups excluding carboxylic acids is 1. The average Bonchev–Trinajstić information content (AvgIpc) is 3.48. The van der Waals surface area contributed by atoms with E-state index in [-0.39, 0.29) is 35.9 Å². The molecule has 0 aliphatic carbocycles. The Morgan fingerprint density at radius 3 is 2.52 bits per heavy atom. The number of nitrogens with zero attached hydrogens (tertiary/aromatic N) is 6. The standard InChI is InChI=1S/C28H24F3N7O2/c1-27(2,40)14-33-23-10-17(20-9-16(12-32)7-8-18(20)25-36-34-15-37(25)3)11-24(35-23)38-13-21-19(26(38)39)5-4-6-22(21)28(29,30)31/h4-11,15,40H,13-14H2,1-3H3,(H,33,35). The predicted molar refractivity (Wildman–Crippen MR) is 141 cm³/mol. The van der Waals surface area contributed by atoms with Gasteiger partial charge in [-0.15, -0.1) is 10.2 Å². The fourth-order valence-electron chi connectivity index (χ4n) is 4.57. The normalized spacial score (nSPS) is 13.3. The quantitative estimate of drug-likeness (QED) is 0.357. The topological polar surface area (TPSA) is 120 Å². The molecule has 0 unspecified atom stereocenters. The molecular formula is C28H24F3N7O2. The van der Waals surface area contributed by atoms with E-state index >= 15 is 0 Å². The highest BCUT2D eigenvalue weighted by Gasteiger charge is 2.40. The molecule has 0 saturated carbocycles. The molecule has 0 fully saturated rings. The highest BCUT2D eigenvalue weighted by molar-refractivity contribution is 6.10. The molecule has 1 aliphatic heterocycles. The number of amides is 1. The van der Waals surface area contributed by atoms with Crippen molar-refractivity contribution in [2.75, 3.05) is 16.8 Å². The van der Waals surface area contributed by atoms with Crippen LogP contribution in [0.1, 0.15) is 40.9 Å². The molecular weight excluding hydrogens is 523 g/mol. The number of fused-ring (bicyclic) bond motifs is 1. The van der Waals surface area contributed by atoms with Crippen LogP contribution in [0.25, 0.3) is 22.5 Å². The Morgan fingerprint density at radius 2 is 1.88 bits per heavy atom. The largest absolute Gasteiger partial charge is 0.416 e. The highest BCUT2D eigenvalue weighted by Crippen LogP contribution is 2.40. The third-order valence-electron chi connectivity index (χ3n) is 6.48. The van der Waals surface area contributed by atoms with Gasteiger partial charge in [-0.3, -0.25) is 9.69 Å². The van der Waals surface area contributed by atoms with E-state index in [4.69, 9.17) is 0 Å². The first-order chi connectivity index (χ1) is 18.9. The fraction of sp³-hybridized carbons (Fsp3) is 0.250. The lowest BCUT2D eigenvalue weighted by molar-refractivity contribution is -0.138. The van der Waals surface area contributed by atoms with Crippen LogP contribution in [0, 0.1) is 11.3 Å². The zero-order valence-corrected chi connectivity index (χ0v) is 21.8. The molecule has 12 heteroatoms. The number of hydrogen-bond donors (Lipinski definition) is 2. The van der Waals surface area contributed by atoms with Crippen molar-refractivity contribution < 1.29 is 23.1 Å². The summed E-state index contributed by atoms with van der Waals surface area (Å²) < 4.78 is 42.9. The van der Waals surface area contributed by atoms with Crippen molar-refractivity contribution in [2.24, 2.45) is 7.05 Å². The van der Waals surface area contributed by atoms with Crippen molar-refractivity contribution in [3.05, 3.63) is 77.1 Å². The van der Waals surface area contributed by atoms with Gasteiger partial charge in [0.2, 0.25) is 0 Å². The predicted octanol–water partition coefficient (Wildman–Crippen LogP) is 4.78. The molecule has 0 spiro atoms. The summed E-state index contributed by atoms with van der Waals surface area (Å²) >= 11 is 0. The minimum absolute atomic E-state index is 0.0423. The highest BCUT2D eigenvalue weighted by atomic mass is 19.4. The number of nitriles is 1. The summed E-state index contributed by atoms with van der Waals surface area (Å²) in [5.74, 6) is 0.291. The number of hydrogen-bond acceptors (Lipinski definition) is 7. The molecule has 9 nitrogen and oxygen atoms in total.